The summed E-state index contributed by atoms with van der Waals surface area (Å²) in [5, 5.41) is 0. The Kier molecular flexibility index (Phi) is 4.43. The van der Waals surface area contributed by atoms with Crippen LogP contribution in [0.4, 0.5) is 0 Å². The van der Waals surface area contributed by atoms with Crippen molar-refractivity contribution in [3.8, 4) is 5.75 Å². The zero-order valence-electron chi connectivity index (χ0n) is 13.0. The number of nitrogens with zero attached hydrogens (tertiary/aromatic N) is 1. The molecule has 0 radical (unpaired) electrons. The van der Waals surface area contributed by atoms with Crippen LogP contribution in [0.5, 0.6) is 5.75 Å². The third kappa shape index (κ3) is 3.00. The van der Waals surface area contributed by atoms with Crippen molar-refractivity contribution in [1.29, 1.82) is 0 Å². The van der Waals surface area contributed by atoms with Crippen molar-refractivity contribution < 1.29 is 13.2 Å². The van der Waals surface area contributed by atoms with Gasteiger partial charge in [-0.05, 0) is 62.3 Å². The van der Waals surface area contributed by atoms with E-state index in [2.05, 4.69) is 0 Å². The fraction of sp³-hybridized carbons (Fsp3) is 0.625. The van der Waals surface area contributed by atoms with Crippen molar-refractivity contribution in [2.45, 2.75) is 43.5 Å². The average Bonchev–Trinajstić information content (AvgIpc) is 2.54. The predicted octanol–water partition coefficient (Wildman–Crippen LogP) is 1.76. The van der Waals surface area contributed by atoms with E-state index < -0.39 is 10.0 Å². The fourth-order valence-corrected chi connectivity index (χ4v) is 4.81. The summed E-state index contributed by atoms with van der Waals surface area (Å²) >= 11 is 0. The van der Waals surface area contributed by atoms with Crippen molar-refractivity contribution >= 4 is 10.0 Å². The van der Waals surface area contributed by atoms with Crippen molar-refractivity contribution in [2.75, 3.05) is 19.7 Å². The molecule has 2 aliphatic rings. The summed E-state index contributed by atoms with van der Waals surface area (Å²) in [4.78, 5) is 0.385. The quantitative estimate of drug-likeness (QED) is 0.919. The number of nitrogens with two attached hydrogens (primary N) is 1. The summed E-state index contributed by atoms with van der Waals surface area (Å²) in [6.07, 6.45) is 3.50. The monoisotopic (exact) mass is 324 g/mol. The SMILES string of the molecule is CC(N)C1CCN(S(=O)(=O)c2ccc3c(c2)CCCO3)CC1. The number of hydrogen-bond acceptors (Lipinski definition) is 4. The second-order valence-electron chi connectivity index (χ2n) is 6.32. The van der Waals surface area contributed by atoms with E-state index in [1.54, 1.807) is 22.5 Å². The Labute approximate surface area is 132 Å². The fourth-order valence-electron chi connectivity index (χ4n) is 3.29. The van der Waals surface area contributed by atoms with Crippen LogP contribution in [0.1, 0.15) is 31.7 Å². The summed E-state index contributed by atoms with van der Waals surface area (Å²) in [6.45, 7) is 3.83. The van der Waals surface area contributed by atoms with Gasteiger partial charge >= 0.3 is 0 Å². The standard InChI is InChI=1S/C16H24N2O3S/c1-12(17)13-6-8-18(9-7-13)22(19,20)15-4-5-16-14(11-15)3-2-10-21-16/h4-5,11-13H,2-3,6-10,17H2,1H3. The number of ether oxygens (including phenoxy) is 1. The number of hydrogen-bond donors (Lipinski definition) is 1. The number of piperidine rings is 1. The maximum Gasteiger partial charge on any atom is 0.243 e. The van der Waals surface area contributed by atoms with Gasteiger partial charge in [0.05, 0.1) is 11.5 Å². The van der Waals surface area contributed by atoms with Crippen molar-refractivity contribution in [2.24, 2.45) is 11.7 Å². The van der Waals surface area contributed by atoms with Crippen LogP contribution in [0.15, 0.2) is 23.1 Å². The van der Waals surface area contributed by atoms with Crippen LogP contribution >= 0.6 is 0 Å². The summed E-state index contributed by atoms with van der Waals surface area (Å²) in [6, 6.07) is 5.36. The van der Waals surface area contributed by atoms with E-state index in [-0.39, 0.29) is 6.04 Å². The molecule has 0 aromatic heterocycles. The van der Waals surface area contributed by atoms with Gasteiger partial charge in [0.1, 0.15) is 5.75 Å². The molecule has 1 aromatic rings. The smallest absolute Gasteiger partial charge is 0.243 e. The van der Waals surface area contributed by atoms with Crippen LogP contribution in [0.3, 0.4) is 0 Å². The van der Waals surface area contributed by atoms with E-state index in [0.717, 1.165) is 37.0 Å². The Morgan fingerprint density at radius 2 is 2.05 bits per heavy atom. The minimum atomic E-state index is -3.41. The normalized spacial score (nSPS) is 21.9. The zero-order valence-corrected chi connectivity index (χ0v) is 13.8. The Balaban J connectivity index is 1.79. The number of fused-ring (bicyclic) bond motifs is 1. The van der Waals surface area contributed by atoms with Crippen molar-refractivity contribution in [3.05, 3.63) is 23.8 Å². The molecule has 1 saturated heterocycles. The third-order valence-electron chi connectivity index (χ3n) is 4.76. The van der Waals surface area contributed by atoms with Gasteiger partial charge in [-0.25, -0.2) is 8.42 Å². The van der Waals surface area contributed by atoms with Gasteiger partial charge in [-0.1, -0.05) is 0 Å². The molecule has 0 bridgehead atoms. The molecule has 0 saturated carbocycles. The van der Waals surface area contributed by atoms with Gasteiger partial charge in [-0.2, -0.15) is 4.31 Å². The molecule has 1 atom stereocenters. The van der Waals surface area contributed by atoms with Gasteiger partial charge in [0.2, 0.25) is 10.0 Å². The molecule has 6 heteroatoms. The minimum absolute atomic E-state index is 0.130. The lowest BCUT2D eigenvalue weighted by Crippen LogP contribution is -2.42. The van der Waals surface area contributed by atoms with E-state index in [9.17, 15) is 8.42 Å². The van der Waals surface area contributed by atoms with Crippen LogP contribution in [0.25, 0.3) is 0 Å². The van der Waals surface area contributed by atoms with Gasteiger partial charge in [0.15, 0.2) is 0 Å². The van der Waals surface area contributed by atoms with Gasteiger partial charge in [-0.15, -0.1) is 0 Å². The topological polar surface area (TPSA) is 72.6 Å². The zero-order chi connectivity index (χ0) is 15.7. The lowest BCUT2D eigenvalue weighted by atomic mass is 9.92. The molecule has 5 nitrogen and oxygen atoms in total. The minimum Gasteiger partial charge on any atom is -0.493 e. The lowest BCUT2D eigenvalue weighted by molar-refractivity contribution is 0.250. The summed E-state index contributed by atoms with van der Waals surface area (Å²) in [5.74, 6) is 1.24. The van der Waals surface area contributed by atoms with Crippen LogP contribution in [-0.4, -0.2) is 38.5 Å². The molecule has 3 rings (SSSR count). The first-order chi connectivity index (χ1) is 10.5. The van der Waals surface area contributed by atoms with Crippen molar-refractivity contribution in [3.63, 3.8) is 0 Å². The largest absolute Gasteiger partial charge is 0.493 e. The number of aryl methyl sites for hydroxylation is 1. The third-order valence-corrected chi connectivity index (χ3v) is 6.65. The van der Waals surface area contributed by atoms with E-state index in [1.165, 1.54) is 0 Å². The molecular weight excluding hydrogens is 300 g/mol. The van der Waals surface area contributed by atoms with Gasteiger partial charge in [0, 0.05) is 19.1 Å². The summed E-state index contributed by atoms with van der Waals surface area (Å²) in [7, 11) is -3.41. The molecule has 2 aliphatic heterocycles. The summed E-state index contributed by atoms with van der Waals surface area (Å²) < 4.78 is 32.8. The summed E-state index contributed by atoms with van der Waals surface area (Å²) in [5.41, 5.74) is 6.93. The van der Waals surface area contributed by atoms with E-state index >= 15 is 0 Å². The van der Waals surface area contributed by atoms with Gasteiger partial charge in [-0.3, -0.25) is 0 Å². The molecule has 1 unspecified atom stereocenters. The molecular formula is C16H24N2O3S. The van der Waals surface area contributed by atoms with Crippen molar-refractivity contribution in [1.82, 2.24) is 4.31 Å². The van der Waals surface area contributed by atoms with Gasteiger partial charge in [0.25, 0.3) is 0 Å². The van der Waals surface area contributed by atoms with Crippen LogP contribution in [0, 0.1) is 5.92 Å². The van der Waals surface area contributed by atoms with Crippen LogP contribution in [0.2, 0.25) is 0 Å². The first-order valence-corrected chi connectivity index (χ1v) is 9.44. The Hall–Kier alpha value is -1.11. The molecule has 22 heavy (non-hydrogen) atoms. The van der Waals surface area contributed by atoms with Crippen LogP contribution < -0.4 is 10.5 Å². The highest BCUT2D eigenvalue weighted by Gasteiger charge is 2.31. The molecule has 0 aliphatic carbocycles. The molecule has 2 N–H and O–H groups in total. The van der Waals surface area contributed by atoms with E-state index in [4.69, 9.17) is 10.5 Å². The molecule has 1 fully saturated rings. The number of benzene rings is 1. The highest BCUT2D eigenvalue weighted by molar-refractivity contribution is 7.89. The maximum atomic E-state index is 12.8. The van der Waals surface area contributed by atoms with Gasteiger partial charge < -0.3 is 10.5 Å². The highest BCUT2D eigenvalue weighted by Crippen LogP contribution is 2.30. The van der Waals surface area contributed by atoms with Crippen LogP contribution in [-0.2, 0) is 16.4 Å². The Morgan fingerprint density at radius 3 is 2.73 bits per heavy atom. The molecule has 0 spiro atoms. The van der Waals surface area contributed by atoms with E-state index in [1.807, 2.05) is 6.92 Å². The Morgan fingerprint density at radius 1 is 1.32 bits per heavy atom. The molecule has 122 valence electrons. The lowest BCUT2D eigenvalue weighted by Gasteiger charge is -2.33. The van der Waals surface area contributed by atoms with E-state index in [0.29, 0.717) is 30.5 Å². The predicted molar refractivity (Wildman–Crippen MR) is 85.4 cm³/mol. The average molecular weight is 324 g/mol. The number of rotatable bonds is 3. The molecule has 2 heterocycles. The Bertz CT molecular complexity index is 635. The first kappa shape index (κ1) is 15.8. The molecule has 0 amide bonds. The first-order valence-electron chi connectivity index (χ1n) is 8.00. The highest BCUT2D eigenvalue weighted by atomic mass is 32.2. The maximum absolute atomic E-state index is 12.8. The second-order valence-corrected chi connectivity index (χ2v) is 8.26. The number of sulfonamides is 1. The second kappa shape index (κ2) is 6.18. The molecule has 1 aromatic carbocycles.